The molecule has 0 bridgehead atoms. The van der Waals surface area contributed by atoms with Crippen LogP contribution in [0.1, 0.15) is 24.1 Å². The fourth-order valence-corrected chi connectivity index (χ4v) is 2.56. The number of nitrogens with zero attached hydrogens (tertiary/aromatic N) is 3. The molecule has 1 heterocycles. The first-order valence-electron chi connectivity index (χ1n) is 7.65. The third-order valence-corrected chi connectivity index (χ3v) is 4.26. The fraction of sp³-hybridized carbons (Fsp3) is 0.471. The smallest absolute Gasteiger partial charge is 0.0900 e. The van der Waals surface area contributed by atoms with E-state index in [0.717, 1.165) is 11.1 Å². The average Bonchev–Trinajstić information content (AvgIpc) is 2.95. The number of rotatable bonds is 8. The van der Waals surface area contributed by atoms with Gasteiger partial charge in [0, 0.05) is 36.4 Å². The molecule has 0 aliphatic rings. The summed E-state index contributed by atoms with van der Waals surface area (Å²) in [4.78, 5) is 2.08. The van der Waals surface area contributed by atoms with E-state index in [1.54, 1.807) is 4.68 Å². The summed E-state index contributed by atoms with van der Waals surface area (Å²) in [6.07, 6.45) is 3.28. The predicted molar refractivity (Wildman–Crippen MR) is 91.4 cm³/mol. The van der Waals surface area contributed by atoms with Gasteiger partial charge >= 0.3 is 0 Å². The van der Waals surface area contributed by atoms with Crippen LogP contribution >= 0.6 is 11.6 Å². The van der Waals surface area contributed by atoms with Gasteiger partial charge < -0.3 is 9.84 Å². The highest BCUT2D eigenvalue weighted by atomic mass is 35.5. The van der Waals surface area contributed by atoms with Gasteiger partial charge in [-0.25, -0.2) is 0 Å². The molecule has 2 unspecified atom stereocenters. The molecule has 126 valence electrons. The molecule has 23 heavy (non-hydrogen) atoms. The molecule has 2 aromatic rings. The fourth-order valence-electron chi connectivity index (χ4n) is 2.37. The van der Waals surface area contributed by atoms with E-state index in [-0.39, 0.29) is 12.6 Å². The lowest BCUT2D eigenvalue weighted by atomic mass is 10.1. The van der Waals surface area contributed by atoms with Crippen molar-refractivity contribution in [1.82, 2.24) is 14.7 Å². The van der Waals surface area contributed by atoms with Crippen LogP contribution in [-0.4, -0.2) is 46.1 Å². The lowest BCUT2D eigenvalue weighted by molar-refractivity contribution is 0.00855. The summed E-state index contributed by atoms with van der Waals surface area (Å²) in [6.45, 7) is 3.29. The van der Waals surface area contributed by atoms with Crippen molar-refractivity contribution >= 4 is 11.6 Å². The number of aryl methyl sites for hydroxylation is 1. The van der Waals surface area contributed by atoms with Gasteiger partial charge in [0.25, 0.3) is 0 Å². The van der Waals surface area contributed by atoms with Crippen LogP contribution in [0.3, 0.4) is 0 Å². The van der Waals surface area contributed by atoms with Crippen molar-refractivity contribution in [3.05, 3.63) is 52.8 Å². The van der Waals surface area contributed by atoms with Crippen LogP contribution in [-0.2, 0) is 18.4 Å². The number of hydrogen-bond acceptors (Lipinski definition) is 4. The van der Waals surface area contributed by atoms with Gasteiger partial charge in [0.1, 0.15) is 0 Å². The highest BCUT2D eigenvalue weighted by molar-refractivity contribution is 6.31. The Morgan fingerprint density at radius 2 is 2.13 bits per heavy atom. The summed E-state index contributed by atoms with van der Waals surface area (Å²) in [6, 6.07) is 7.74. The number of aliphatic hydroxyl groups excluding tert-OH is 1. The second-order valence-electron chi connectivity index (χ2n) is 5.82. The third kappa shape index (κ3) is 5.32. The van der Waals surface area contributed by atoms with Crippen molar-refractivity contribution in [1.29, 1.82) is 0 Å². The molecule has 1 aromatic carbocycles. The van der Waals surface area contributed by atoms with Crippen LogP contribution in [0.5, 0.6) is 0 Å². The molecule has 6 heteroatoms. The van der Waals surface area contributed by atoms with Gasteiger partial charge in [0.15, 0.2) is 0 Å². The molecule has 5 nitrogen and oxygen atoms in total. The maximum atomic E-state index is 10.1. The maximum Gasteiger partial charge on any atom is 0.0900 e. The second-order valence-corrected chi connectivity index (χ2v) is 6.23. The number of aliphatic hydroxyl groups is 1. The first-order chi connectivity index (χ1) is 11.0. The van der Waals surface area contributed by atoms with Crippen molar-refractivity contribution in [2.75, 3.05) is 20.2 Å². The second kappa shape index (κ2) is 8.45. The van der Waals surface area contributed by atoms with Crippen LogP contribution in [0.25, 0.3) is 0 Å². The normalized spacial score (nSPS) is 14.2. The Morgan fingerprint density at radius 3 is 2.78 bits per heavy atom. The van der Waals surface area contributed by atoms with E-state index in [1.807, 2.05) is 50.8 Å². The van der Waals surface area contributed by atoms with Gasteiger partial charge in [-0.1, -0.05) is 29.8 Å². The minimum atomic E-state index is -0.554. The molecular formula is C17H24ClN3O2. The van der Waals surface area contributed by atoms with Gasteiger partial charge in [0.05, 0.1) is 25.5 Å². The Balaban J connectivity index is 1.75. The van der Waals surface area contributed by atoms with E-state index in [9.17, 15) is 5.11 Å². The molecule has 0 amide bonds. The van der Waals surface area contributed by atoms with E-state index in [0.29, 0.717) is 18.2 Å². The van der Waals surface area contributed by atoms with Crippen LogP contribution in [0.15, 0.2) is 36.7 Å². The van der Waals surface area contributed by atoms with Crippen LogP contribution in [0.2, 0.25) is 5.02 Å². The van der Waals surface area contributed by atoms with Gasteiger partial charge in [-0.3, -0.25) is 9.58 Å². The van der Waals surface area contributed by atoms with Crippen molar-refractivity contribution in [3.8, 4) is 0 Å². The lowest BCUT2D eigenvalue weighted by Crippen LogP contribution is -2.33. The molecule has 2 atom stereocenters. The minimum Gasteiger partial charge on any atom is -0.389 e. The van der Waals surface area contributed by atoms with Crippen LogP contribution in [0.4, 0.5) is 0 Å². The molecule has 0 aliphatic heterocycles. The molecule has 0 spiro atoms. The number of likely N-dealkylation sites (N-methyl/N-ethyl adjacent to an activating group) is 1. The van der Waals surface area contributed by atoms with Crippen molar-refractivity contribution in [3.63, 3.8) is 0 Å². The lowest BCUT2D eigenvalue weighted by Gasteiger charge is -2.26. The van der Waals surface area contributed by atoms with Crippen molar-refractivity contribution in [2.24, 2.45) is 7.05 Å². The highest BCUT2D eigenvalue weighted by Gasteiger charge is 2.16. The van der Waals surface area contributed by atoms with Gasteiger partial charge in [-0.05, 0) is 25.6 Å². The summed E-state index contributed by atoms with van der Waals surface area (Å²) in [7, 11) is 3.88. The first-order valence-corrected chi connectivity index (χ1v) is 8.03. The number of hydrogen-bond donors (Lipinski definition) is 1. The SMILES string of the molecule is CC(c1cnn(C)c1)N(C)CC(O)COCc1ccccc1Cl. The Morgan fingerprint density at radius 1 is 1.39 bits per heavy atom. The highest BCUT2D eigenvalue weighted by Crippen LogP contribution is 2.18. The molecule has 1 N–H and O–H groups in total. The first kappa shape index (κ1) is 17.9. The van der Waals surface area contributed by atoms with Crippen LogP contribution < -0.4 is 0 Å². The Hall–Kier alpha value is -1.40. The standard InChI is InChI=1S/C17H24ClN3O2/c1-13(15-8-19-21(3)9-15)20(2)10-16(22)12-23-11-14-6-4-5-7-17(14)18/h4-9,13,16,22H,10-12H2,1-3H3. The molecule has 0 aliphatic carbocycles. The monoisotopic (exact) mass is 337 g/mol. The van der Waals surface area contributed by atoms with Crippen molar-refractivity contribution < 1.29 is 9.84 Å². The number of halogens is 1. The maximum absolute atomic E-state index is 10.1. The zero-order valence-corrected chi connectivity index (χ0v) is 14.6. The van der Waals surface area contributed by atoms with E-state index in [4.69, 9.17) is 16.3 Å². The molecule has 0 saturated carbocycles. The van der Waals surface area contributed by atoms with E-state index in [2.05, 4.69) is 16.9 Å². The molecule has 0 radical (unpaired) electrons. The zero-order chi connectivity index (χ0) is 16.8. The van der Waals surface area contributed by atoms with Gasteiger partial charge in [-0.2, -0.15) is 5.10 Å². The number of ether oxygens (including phenoxy) is 1. The molecule has 1 aromatic heterocycles. The van der Waals surface area contributed by atoms with E-state index >= 15 is 0 Å². The van der Waals surface area contributed by atoms with E-state index < -0.39 is 6.10 Å². The Bertz CT molecular complexity index is 617. The summed E-state index contributed by atoms with van der Waals surface area (Å²) in [5, 5.41) is 15.0. The van der Waals surface area contributed by atoms with Crippen LogP contribution in [0, 0.1) is 0 Å². The summed E-state index contributed by atoms with van der Waals surface area (Å²) >= 11 is 6.08. The molecule has 2 rings (SSSR count). The minimum absolute atomic E-state index is 0.182. The van der Waals surface area contributed by atoms with Gasteiger partial charge in [0.2, 0.25) is 0 Å². The Kier molecular flexibility index (Phi) is 6.59. The van der Waals surface area contributed by atoms with Gasteiger partial charge in [-0.15, -0.1) is 0 Å². The number of aromatic nitrogens is 2. The summed E-state index contributed by atoms with van der Waals surface area (Å²) in [5.41, 5.74) is 2.05. The molecule has 0 fully saturated rings. The average molecular weight is 338 g/mol. The largest absolute Gasteiger partial charge is 0.389 e. The molecular weight excluding hydrogens is 314 g/mol. The number of benzene rings is 1. The van der Waals surface area contributed by atoms with Crippen molar-refractivity contribution in [2.45, 2.75) is 25.7 Å². The summed E-state index contributed by atoms with van der Waals surface area (Å²) < 4.78 is 7.36. The quantitative estimate of drug-likeness (QED) is 0.804. The summed E-state index contributed by atoms with van der Waals surface area (Å²) in [5.74, 6) is 0. The predicted octanol–water partition coefficient (Wildman–Crippen LogP) is 2.64. The molecule has 0 saturated heterocycles. The third-order valence-electron chi connectivity index (χ3n) is 3.89. The van der Waals surface area contributed by atoms with E-state index in [1.165, 1.54) is 0 Å². The Labute approximate surface area is 142 Å². The zero-order valence-electron chi connectivity index (χ0n) is 13.8. The topological polar surface area (TPSA) is 50.5 Å².